The third-order valence-corrected chi connectivity index (χ3v) is 5.82. The van der Waals surface area contributed by atoms with Gasteiger partial charge in [-0.2, -0.15) is 0 Å². The molecule has 0 spiro atoms. The molecule has 100 valence electrons. The molecule has 2 rings (SSSR count). The molecule has 0 heterocycles. The Hall–Kier alpha value is -0.430. The molecule has 0 aliphatic heterocycles. The first-order chi connectivity index (χ1) is 8.49. The summed E-state index contributed by atoms with van der Waals surface area (Å²) in [5.74, 6) is 0. The fraction of sp³-hybridized carbons (Fsp3) is 0.500. The number of ether oxygens (including phenoxy) is 1. The molecule has 0 saturated heterocycles. The van der Waals surface area contributed by atoms with Crippen molar-refractivity contribution in [2.45, 2.75) is 29.8 Å². The molecule has 18 heavy (non-hydrogen) atoms. The quantitative estimate of drug-likeness (QED) is 0.899. The Kier molecular flexibility index (Phi) is 4.11. The van der Waals surface area contributed by atoms with Crippen molar-refractivity contribution in [1.82, 2.24) is 4.72 Å². The first kappa shape index (κ1) is 14.0. The Balaban J connectivity index is 2.11. The predicted octanol–water partition coefficient (Wildman–Crippen LogP) is 2.30. The molecule has 0 aromatic heterocycles. The lowest BCUT2D eigenvalue weighted by molar-refractivity contribution is -0.0659. The minimum absolute atomic E-state index is 0.260. The summed E-state index contributed by atoms with van der Waals surface area (Å²) in [6.45, 7) is 0.327. The van der Waals surface area contributed by atoms with Crippen molar-refractivity contribution in [3.63, 3.8) is 0 Å². The van der Waals surface area contributed by atoms with Gasteiger partial charge in [0.15, 0.2) is 0 Å². The van der Waals surface area contributed by atoms with Crippen molar-refractivity contribution in [3.8, 4) is 0 Å². The largest absolute Gasteiger partial charge is 0.377 e. The third-order valence-electron chi connectivity index (χ3n) is 3.41. The summed E-state index contributed by atoms with van der Waals surface area (Å²) in [5.41, 5.74) is -0.311. The van der Waals surface area contributed by atoms with Crippen LogP contribution >= 0.6 is 15.9 Å². The number of nitrogens with one attached hydrogen (secondary N) is 1. The molecule has 1 aliphatic carbocycles. The van der Waals surface area contributed by atoms with Crippen LogP contribution in [0.4, 0.5) is 0 Å². The zero-order valence-electron chi connectivity index (χ0n) is 10.1. The summed E-state index contributed by atoms with van der Waals surface area (Å²) in [6, 6.07) is 6.77. The van der Waals surface area contributed by atoms with Crippen LogP contribution < -0.4 is 4.72 Å². The lowest BCUT2D eigenvalue weighted by atomic mass is 9.80. The van der Waals surface area contributed by atoms with E-state index in [1.165, 1.54) is 0 Å². The minimum atomic E-state index is -3.49. The van der Waals surface area contributed by atoms with Gasteiger partial charge in [-0.3, -0.25) is 0 Å². The Morgan fingerprint density at radius 1 is 1.39 bits per heavy atom. The second-order valence-electron chi connectivity index (χ2n) is 4.50. The van der Waals surface area contributed by atoms with Crippen molar-refractivity contribution >= 4 is 26.0 Å². The Morgan fingerprint density at radius 3 is 2.56 bits per heavy atom. The van der Waals surface area contributed by atoms with E-state index in [2.05, 4.69) is 20.7 Å². The smallest absolute Gasteiger partial charge is 0.241 e. The van der Waals surface area contributed by atoms with Gasteiger partial charge in [0.25, 0.3) is 0 Å². The van der Waals surface area contributed by atoms with Crippen molar-refractivity contribution < 1.29 is 13.2 Å². The van der Waals surface area contributed by atoms with Gasteiger partial charge in [-0.15, -0.1) is 0 Å². The number of benzene rings is 1. The first-order valence-electron chi connectivity index (χ1n) is 5.78. The highest BCUT2D eigenvalue weighted by atomic mass is 79.9. The van der Waals surface area contributed by atoms with Gasteiger partial charge < -0.3 is 4.74 Å². The van der Waals surface area contributed by atoms with E-state index in [0.29, 0.717) is 11.0 Å². The highest BCUT2D eigenvalue weighted by Gasteiger charge is 2.38. The Morgan fingerprint density at radius 2 is 2.06 bits per heavy atom. The van der Waals surface area contributed by atoms with Crippen molar-refractivity contribution in [2.24, 2.45) is 0 Å². The normalized spacial score (nSPS) is 18.3. The van der Waals surface area contributed by atoms with E-state index < -0.39 is 10.0 Å². The summed E-state index contributed by atoms with van der Waals surface area (Å²) in [6.07, 6.45) is 2.90. The average Bonchev–Trinajstić information content (AvgIpc) is 2.28. The van der Waals surface area contributed by atoms with Crippen LogP contribution in [0.25, 0.3) is 0 Å². The molecule has 0 unspecified atom stereocenters. The van der Waals surface area contributed by atoms with Crippen molar-refractivity contribution in [3.05, 3.63) is 28.7 Å². The fourth-order valence-corrected chi connectivity index (χ4v) is 4.11. The van der Waals surface area contributed by atoms with Gasteiger partial charge in [0.05, 0.1) is 10.5 Å². The second kappa shape index (κ2) is 5.28. The lowest BCUT2D eigenvalue weighted by Crippen LogP contribution is -2.49. The summed E-state index contributed by atoms with van der Waals surface area (Å²) in [7, 11) is -1.86. The molecule has 0 atom stereocenters. The Labute approximate surface area is 116 Å². The van der Waals surface area contributed by atoms with Gasteiger partial charge >= 0.3 is 0 Å². The third kappa shape index (κ3) is 2.77. The monoisotopic (exact) mass is 333 g/mol. The topological polar surface area (TPSA) is 55.4 Å². The molecule has 0 radical (unpaired) electrons. The maximum absolute atomic E-state index is 12.2. The molecule has 1 saturated carbocycles. The average molecular weight is 334 g/mol. The van der Waals surface area contributed by atoms with Crippen LogP contribution in [0.3, 0.4) is 0 Å². The summed E-state index contributed by atoms with van der Waals surface area (Å²) < 4.78 is 32.9. The number of methoxy groups -OCH3 is 1. The number of hydrogen-bond acceptors (Lipinski definition) is 3. The van der Waals surface area contributed by atoms with Crippen LogP contribution in [0, 0.1) is 0 Å². The van der Waals surface area contributed by atoms with E-state index in [4.69, 9.17) is 4.74 Å². The second-order valence-corrected chi connectivity index (χ2v) is 7.09. The van der Waals surface area contributed by atoms with Crippen molar-refractivity contribution in [1.29, 1.82) is 0 Å². The lowest BCUT2D eigenvalue weighted by Gasteiger charge is -2.40. The molecule has 4 nitrogen and oxygen atoms in total. The van der Waals surface area contributed by atoms with Crippen molar-refractivity contribution in [2.75, 3.05) is 13.7 Å². The maximum Gasteiger partial charge on any atom is 0.241 e. The van der Waals surface area contributed by atoms with E-state index >= 15 is 0 Å². The number of hydrogen-bond donors (Lipinski definition) is 1. The molecule has 1 aromatic carbocycles. The molecule has 1 fully saturated rings. The molecule has 0 bridgehead atoms. The highest BCUT2D eigenvalue weighted by Crippen LogP contribution is 2.34. The molecular weight excluding hydrogens is 318 g/mol. The van der Waals surface area contributed by atoms with Gasteiger partial charge in [0, 0.05) is 18.1 Å². The minimum Gasteiger partial charge on any atom is -0.377 e. The summed E-state index contributed by atoms with van der Waals surface area (Å²) >= 11 is 3.25. The zero-order valence-corrected chi connectivity index (χ0v) is 12.6. The van der Waals surface area contributed by atoms with Gasteiger partial charge in [0.2, 0.25) is 10.0 Å². The predicted molar refractivity (Wildman–Crippen MR) is 72.9 cm³/mol. The number of sulfonamides is 1. The Bertz CT molecular complexity index is 520. The van der Waals surface area contributed by atoms with Gasteiger partial charge in [-0.25, -0.2) is 13.1 Å². The molecule has 6 heteroatoms. The molecule has 1 aliphatic rings. The molecular formula is C12H16BrNO3S. The van der Waals surface area contributed by atoms with E-state index in [-0.39, 0.29) is 10.5 Å². The van der Waals surface area contributed by atoms with E-state index in [1.54, 1.807) is 31.4 Å². The molecule has 0 amide bonds. The summed E-state index contributed by atoms with van der Waals surface area (Å²) in [4.78, 5) is 0.260. The van der Waals surface area contributed by atoms with Crippen LogP contribution in [0.15, 0.2) is 33.6 Å². The molecule has 1 N–H and O–H groups in total. The standard InChI is InChI=1S/C12H16BrNO3S/c1-17-12(7-4-8-12)9-14-18(15,16)11-6-3-2-5-10(11)13/h2-3,5-6,14H,4,7-9H2,1H3. The zero-order chi connectivity index (χ0) is 13.2. The van der Waals surface area contributed by atoms with Crippen LogP contribution in [-0.4, -0.2) is 27.7 Å². The molecule has 1 aromatic rings. The van der Waals surface area contributed by atoms with E-state index in [1.807, 2.05) is 0 Å². The van der Waals surface area contributed by atoms with Gasteiger partial charge in [-0.1, -0.05) is 12.1 Å². The van der Waals surface area contributed by atoms with Gasteiger partial charge in [0.1, 0.15) is 0 Å². The van der Waals surface area contributed by atoms with Crippen LogP contribution in [0.2, 0.25) is 0 Å². The van der Waals surface area contributed by atoms with E-state index in [0.717, 1.165) is 19.3 Å². The fourth-order valence-electron chi connectivity index (χ4n) is 1.99. The summed E-state index contributed by atoms with van der Waals surface area (Å²) in [5, 5.41) is 0. The van der Waals surface area contributed by atoms with Crippen LogP contribution in [-0.2, 0) is 14.8 Å². The number of rotatable bonds is 5. The maximum atomic E-state index is 12.2. The SMILES string of the molecule is COC1(CNS(=O)(=O)c2ccccc2Br)CCC1. The van der Waals surface area contributed by atoms with E-state index in [9.17, 15) is 8.42 Å². The first-order valence-corrected chi connectivity index (χ1v) is 8.06. The van der Waals surface area contributed by atoms with Crippen LogP contribution in [0.5, 0.6) is 0 Å². The van der Waals surface area contributed by atoms with Crippen LogP contribution in [0.1, 0.15) is 19.3 Å². The highest BCUT2D eigenvalue weighted by molar-refractivity contribution is 9.10. The number of halogens is 1. The van der Waals surface area contributed by atoms with Gasteiger partial charge in [-0.05, 0) is 47.3 Å².